The molecule has 5 heteroatoms. The monoisotopic (exact) mass is 275 g/mol. The molecule has 0 radical (unpaired) electrons. The standard InChI is InChI=1S/C12H15Cl2NO2/c1-3-4-7(2)15-11-9(12(16)17)5-8(13)6-10(11)14/h5-7,15H,3-4H2,1-2H3,(H,16,17). The Morgan fingerprint density at radius 3 is 2.65 bits per heavy atom. The third-order valence-corrected chi connectivity index (χ3v) is 2.91. The fourth-order valence-corrected chi connectivity index (χ4v) is 2.19. The Kier molecular flexibility index (Phi) is 5.09. The van der Waals surface area contributed by atoms with Gasteiger partial charge in [0.15, 0.2) is 0 Å². The first-order chi connectivity index (χ1) is 7.95. The Hall–Kier alpha value is -0.930. The minimum absolute atomic E-state index is 0.102. The largest absolute Gasteiger partial charge is 0.478 e. The van der Waals surface area contributed by atoms with Gasteiger partial charge >= 0.3 is 5.97 Å². The molecule has 1 aromatic rings. The van der Waals surface area contributed by atoms with Crippen molar-refractivity contribution in [3.05, 3.63) is 27.7 Å². The van der Waals surface area contributed by atoms with Crippen molar-refractivity contribution < 1.29 is 9.90 Å². The molecule has 1 atom stereocenters. The second kappa shape index (κ2) is 6.12. The predicted octanol–water partition coefficient (Wildman–Crippen LogP) is 4.29. The summed E-state index contributed by atoms with van der Waals surface area (Å²) in [7, 11) is 0. The molecular formula is C12H15Cl2NO2. The Labute approximate surface area is 111 Å². The van der Waals surface area contributed by atoms with Crippen molar-refractivity contribution in [2.24, 2.45) is 0 Å². The van der Waals surface area contributed by atoms with E-state index in [1.807, 2.05) is 6.92 Å². The molecule has 0 bridgehead atoms. The molecule has 0 heterocycles. The summed E-state index contributed by atoms with van der Waals surface area (Å²) >= 11 is 11.8. The first kappa shape index (κ1) is 14.1. The molecule has 0 aliphatic rings. The number of hydrogen-bond acceptors (Lipinski definition) is 2. The van der Waals surface area contributed by atoms with Gasteiger partial charge in [-0.3, -0.25) is 0 Å². The van der Waals surface area contributed by atoms with Gasteiger partial charge in [-0.25, -0.2) is 4.79 Å². The molecule has 1 unspecified atom stereocenters. The van der Waals surface area contributed by atoms with Gasteiger partial charge in [0.1, 0.15) is 0 Å². The lowest BCUT2D eigenvalue weighted by Crippen LogP contribution is -2.17. The van der Waals surface area contributed by atoms with Crippen molar-refractivity contribution in [3.8, 4) is 0 Å². The van der Waals surface area contributed by atoms with Crippen LogP contribution in [-0.2, 0) is 0 Å². The van der Waals surface area contributed by atoms with Crippen LogP contribution in [0.15, 0.2) is 12.1 Å². The molecule has 1 rings (SSSR count). The van der Waals surface area contributed by atoms with E-state index >= 15 is 0 Å². The quantitative estimate of drug-likeness (QED) is 0.843. The number of carboxylic acids is 1. The van der Waals surface area contributed by atoms with Crippen LogP contribution >= 0.6 is 23.2 Å². The van der Waals surface area contributed by atoms with Gasteiger partial charge in [-0.15, -0.1) is 0 Å². The van der Waals surface area contributed by atoms with E-state index in [2.05, 4.69) is 12.2 Å². The Balaban J connectivity index is 3.08. The van der Waals surface area contributed by atoms with E-state index in [9.17, 15) is 4.79 Å². The topological polar surface area (TPSA) is 49.3 Å². The summed E-state index contributed by atoms with van der Waals surface area (Å²) in [5, 5.41) is 12.9. The summed E-state index contributed by atoms with van der Waals surface area (Å²) in [5.74, 6) is -1.04. The van der Waals surface area contributed by atoms with Crippen LogP contribution in [0.4, 0.5) is 5.69 Å². The van der Waals surface area contributed by atoms with Crippen LogP contribution in [-0.4, -0.2) is 17.1 Å². The molecule has 0 saturated carbocycles. The van der Waals surface area contributed by atoms with Crippen LogP contribution in [0.25, 0.3) is 0 Å². The summed E-state index contributed by atoms with van der Waals surface area (Å²) in [6.07, 6.45) is 1.96. The van der Waals surface area contributed by atoms with Gasteiger partial charge in [0.25, 0.3) is 0 Å². The second-order valence-corrected chi connectivity index (χ2v) is 4.79. The van der Waals surface area contributed by atoms with Gasteiger partial charge in [-0.2, -0.15) is 0 Å². The van der Waals surface area contributed by atoms with E-state index in [4.69, 9.17) is 28.3 Å². The van der Waals surface area contributed by atoms with E-state index in [0.29, 0.717) is 15.7 Å². The molecular weight excluding hydrogens is 261 g/mol. The third kappa shape index (κ3) is 3.79. The minimum Gasteiger partial charge on any atom is -0.478 e. The summed E-state index contributed by atoms with van der Waals surface area (Å²) in [6, 6.07) is 3.10. The zero-order chi connectivity index (χ0) is 13.0. The van der Waals surface area contributed by atoms with Crippen LogP contribution in [0, 0.1) is 0 Å². The molecule has 0 fully saturated rings. The number of rotatable bonds is 5. The van der Waals surface area contributed by atoms with Gasteiger partial charge in [0, 0.05) is 11.1 Å². The molecule has 0 aliphatic carbocycles. The highest BCUT2D eigenvalue weighted by Crippen LogP contribution is 2.31. The number of carbonyl (C=O) groups is 1. The van der Waals surface area contributed by atoms with Crippen molar-refractivity contribution in [2.45, 2.75) is 32.7 Å². The summed E-state index contributed by atoms with van der Waals surface area (Å²) in [6.45, 7) is 4.06. The fraction of sp³-hybridized carbons (Fsp3) is 0.417. The van der Waals surface area contributed by atoms with Gasteiger partial charge in [-0.1, -0.05) is 36.5 Å². The molecule has 0 aliphatic heterocycles. The molecule has 2 N–H and O–H groups in total. The molecule has 0 spiro atoms. The number of nitrogens with one attached hydrogen (secondary N) is 1. The number of carboxylic acid groups (broad SMARTS) is 1. The molecule has 0 amide bonds. The van der Waals surface area contributed by atoms with Crippen LogP contribution < -0.4 is 5.32 Å². The number of halogens is 2. The number of benzene rings is 1. The van der Waals surface area contributed by atoms with E-state index in [1.165, 1.54) is 12.1 Å². The van der Waals surface area contributed by atoms with Crippen LogP contribution in [0.5, 0.6) is 0 Å². The number of hydrogen-bond donors (Lipinski definition) is 2. The van der Waals surface area contributed by atoms with Crippen LogP contribution in [0.2, 0.25) is 10.0 Å². The van der Waals surface area contributed by atoms with E-state index < -0.39 is 5.97 Å². The summed E-state index contributed by atoms with van der Waals surface area (Å²) in [5.41, 5.74) is 0.537. The van der Waals surface area contributed by atoms with Crippen molar-refractivity contribution in [3.63, 3.8) is 0 Å². The van der Waals surface area contributed by atoms with Crippen molar-refractivity contribution >= 4 is 34.9 Å². The fourth-order valence-electron chi connectivity index (χ4n) is 1.64. The normalized spacial score (nSPS) is 12.2. The van der Waals surface area contributed by atoms with Crippen LogP contribution in [0.3, 0.4) is 0 Å². The summed E-state index contributed by atoms with van der Waals surface area (Å²) in [4.78, 5) is 11.1. The summed E-state index contributed by atoms with van der Waals surface area (Å²) < 4.78 is 0. The SMILES string of the molecule is CCCC(C)Nc1c(Cl)cc(Cl)cc1C(=O)O. The van der Waals surface area contributed by atoms with Crippen LogP contribution in [0.1, 0.15) is 37.0 Å². The molecule has 17 heavy (non-hydrogen) atoms. The lowest BCUT2D eigenvalue weighted by Gasteiger charge is -2.17. The maximum atomic E-state index is 11.1. The lowest BCUT2D eigenvalue weighted by molar-refractivity contribution is 0.0698. The minimum atomic E-state index is -1.04. The maximum Gasteiger partial charge on any atom is 0.337 e. The van der Waals surface area contributed by atoms with Gasteiger partial charge in [0.2, 0.25) is 0 Å². The first-order valence-corrected chi connectivity index (χ1v) is 6.20. The van der Waals surface area contributed by atoms with Gasteiger partial charge < -0.3 is 10.4 Å². The zero-order valence-electron chi connectivity index (χ0n) is 9.76. The molecule has 1 aromatic carbocycles. The Morgan fingerprint density at radius 2 is 2.12 bits per heavy atom. The van der Waals surface area contributed by atoms with Crippen molar-refractivity contribution in [1.82, 2.24) is 0 Å². The molecule has 0 aromatic heterocycles. The average Bonchev–Trinajstić information content (AvgIpc) is 2.21. The predicted molar refractivity (Wildman–Crippen MR) is 71.4 cm³/mol. The highest BCUT2D eigenvalue weighted by atomic mass is 35.5. The molecule has 94 valence electrons. The second-order valence-electron chi connectivity index (χ2n) is 3.95. The lowest BCUT2D eigenvalue weighted by atomic mass is 10.1. The maximum absolute atomic E-state index is 11.1. The van der Waals surface area contributed by atoms with Crippen molar-refractivity contribution in [2.75, 3.05) is 5.32 Å². The molecule has 0 saturated heterocycles. The highest BCUT2D eigenvalue weighted by Gasteiger charge is 2.16. The van der Waals surface area contributed by atoms with Crippen molar-refractivity contribution in [1.29, 1.82) is 0 Å². The molecule has 3 nitrogen and oxygen atoms in total. The first-order valence-electron chi connectivity index (χ1n) is 5.44. The van der Waals surface area contributed by atoms with E-state index in [0.717, 1.165) is 12.8 Å². The van der Waals surface area contributed by atoms with E-state index in [1.54, 1.807) is 0 Å². The Bertz CT molecular complexity index is 421. The number of aromatic carboxylic acids is 1. The van der Waals surface area contributed by atoms with Gasteiger partial charge in [-0.05, 0) is 25.5 Å². The smallest absolute Gasteiger partial charge is 0.337 e. The number of anilines is 1. The van der Waals surface area contributed by atoms with E-state index in [-0.39, 0.29) is 11.6 Å². The highest BCUT2D eigenvalue weighted by molar-refractivity contribution is 6.37. The van der Waals surface area contributed by atoms with Gasteiger partial charge in [0.05, 0.1) is 16.3 Å². The zero-order valence-corrected chi connectivity index (χ0v) is 11.3. The average molecular weight is 276 g/mol. The third-order valence-electron chi connectivity index (χ3n) is 2.40. The Morgan fingerprint density at radius 1 is 1.47 bits per heavy atom.